The molecule has 3 atom stereocenters. The second kappa shape index (κ2) is 14.0. The number of H-pyrrole nitrogens is 1. The third-order valence-electron chi connectivity index (χ3n) is 7.23. The number of carbonyl (C=O) groups is 5. The Bertz CT molecular complexity index is 1500. The fraction of sp³-hybridized carbons (Fsp3) is 0.387. The van der Waals surface area contributed by atoms with Crippen LogP contribution in [-0.4, -0.2) is 66.8 Å². The van der Waals surface area contributed by atoms with Gasteiger partial charge in [0, 0.05) is 23.4 Å². The predicted molar refractivity (Wildman–Crippen MR) is 155 cm³/mol. The van der Waals surface area contributed by atoms with Crippen LogP contribution in [0.3, 0.4) is 0 Å². The van der Waals surface area contributed by atoms with Crippen LogP contribution in [0.5, 0.6) is 5.75 Å². The molecule has 1 unspecified atom stereocenters. The number of hydrogen-bond acceptors (Lipinski definition) is 7. The summed E-state index contributed by atoms with van der Waals surface area (Å²) in [5, 5.41) is 8.86. The minimum atomic E-state index is -1.16. The predicted octanol–water partition coefficient (Wildman–Crippen LogP) is 2.90. The van der Waals surface area contributed by atoms with Crippen LogP contribution >= 0.6 is 0 Å². The van der Waals surface area contributed by atoms with Gasteiger partial charge < -0.3 is 30.4 Å². The minimum absolute atomic E-state index is 0.00489. The van der Waals surface area contributed by atoms with E-state index < -0.39 is 54.0 Å². The van der Waals surface area contributed by atoms with Crippen molar-refractivity contribution in [1.29, 1.82) is 0 Å². The van der Waals surface area contributed by atoms with E-state index in [0.717, 1.165) is 12.1 Å². The Labute approximate surface area is 247 Å². The minimum Gasteiger partial charge on any atom is -0.496 e. The SMILES string of the molecule is COc1cccc2[nH]c(C(=O)N[C@H](CC(C)C)C(=O)N[C@H](CC3CCNC3=O)C(=O)COC(=O)c3ccc(F)cc3)cc12. The monoisotopic (exact) mass is 594 g/mol. The molecule has 0 spiro atoms. The maximum Gasteiger partial charge on any atom is 0.338 e. The molecule has 1 aliphatic heterocycles. The third-order valence-corrected chi connectivity index (χ3v) is 7.23. The number of ketones is 1. The second-order valence-electron chi connectivity index (χ2n) is 10.9. The molecule has 228 valence electrons. The van der Waals surface area contributed by atoms with E-state index >= 15 is 0 Å². The van der Waals surface area contributed by atoms with E-state index in [1.807, 2.05) is 13.8 Å². The molecule has 43 heavy (non-hydrogen) atoms. The van der Waals surface area contributed by atoms with E-state index in [1.54, 1.807) is 24.3 Å². The molecule has 4 N–H and O–H groups in total. The highest BCUT2D eigenvalue weighted by atomic mass is 19.1. The molecular weight excluding hydrogens is 559 g/mol. The first-order valence-corrected chi connectivity index (χ1v) is 14.1. The van der Waals surface area contributed by atoms with Crippen molar-refractivity contribution in [1.82, 2.24) is 20.9 Å². The maximum absolute atomic E-state index is 13.5. The standard InChI is InChI=1S/C31H35FN4O7/c1-17(2)13-24(36-30(40)25-15-21-22(34-25)5-4-6-27(21)42-3)29(39)35-23(14-19-11-12-33-28(19)38)26(37)16-43-31(41)18-7-9-20(32)10-8-18/h4-10,15,17,19,23-24,34H,11-14,16H2,1-3H3,(H,33,38)(H,35,39)(H,36,40)/t19?,23-,24-/m1/s1. The zero-order valence-corrected chi connectivity index (χ0v) is 24.2. The van der Waals surface area contributed by atoms with Crippen molar-refractivity contribution in [3.63, 3.8) is 0 Å². The van der Waals surface area contributed by atoms with Gasteiger partial charge in [-0.1, -0.05) is 19.9 Å². The quantitative estimate of drug-likeness (QED) is 0.222. The van der Waals surface area contributed by atoms with E-state index in [9.17, 15) is 28.4 Å². The number of rotatable bonds is 13. The lowest BCUT2D eigenvalue weighted by Gasteiger charge is -2.25. The number of methoxy groups -OCH3 is 1. The van der Waals surface area contributed by atoms with E-state index in [0.29, 0.717) is 29.6 Å². The topological polar surface area (TPSA) is 156 Å². The van der Waals surface area contributed by atoms with Crippen molar-refractivity contribution in [2.24, 2.45) is 11.8 Å². The summed E-state index contributed by atoms with van der Waals surface area (Å²) in [6.07, 6.45) is 0.740. The molecule has 2 aromatic carbocycles. The number of amides is 3. The smallest absolute Gasteiger partial charge is 0.338 e. The zero-order valence-electron chi connectivity index (χ0n) is 24.2. The third kappa shape index (κ3) is 7.97. The van der Waals surface area contributed by atoms with Crippen LogP contribution in [0.15, 0.2) is 48.5 Å². The Morgan fingerprint density at radius 3 is 2.44 bits per heavy atom. The number of aromatic amines is 1. The fourth-order valence-electron chi connectivity index (χ4n) is 4.97. The zero-order chi connectivity index (χ0) is 31.1. The highest BCUT2D eigenvalue weighted by Gasteiger charge is 2.34. The first kappa shape index (κ1) is 31.2. The lowest BCUT2D eigenvalue weighted by molar-refractivity contribution is -0.131. The number of benzene rings is 2. The van der Waals surface area contributed by atoms with Gasteiger partial charge in [-0.15, -0.1) is 0 Å². The summed E-state index contributed by atoms with van der Waals surface area (Å²) in [7, 11) is 1.53. The molecular formula is C31H35FN4O7. The number of carbonyl (C=O) groups excluding carboxylic acids is 5. The molecule has 1 fully saturated rings. The van der Waals surface area contributed by atoms with E-state index in [-0.39, 0.29) is 35.9 Å². The summed E-state index contributed by atoms with van der Waals surface area (Å²) in [6, 6.07) is 9.46. The average molecular weight is 595 g/mol. The van der Waals surface area contributed by atoms with Gasteiger partial charge >= 0.3 is 5.97 Å². The lowest BCUT2D eigenvalue weighted by atomic mass is 9.95. The van der Waals surface area contributed by atoms with Gasteiger partial charge in [0.1, 0.15) is 23.3 Å². The van der Waals surface area contributed by atoms with Gasteiger partial charge in [-0.05, 0) is 67.6 Å². The molecule has 0 saturated carbocycles. The van der Waals surface area contributed by atoms with Gasteiger partial charge in [-0.25, -0.2) is 9.18 Å². The summed E-state index contributed by atoms with van der Waals surface area (Å²) in [5.74, 6) is -3.30. The molecule has 4 rings (SSSR count). The van der Waals surface area contributed by atoms with Crippen LogP contribution in [0.2, 0.25) is 0 Å². The first-order valence-electron chi connectivity index (χ1n) is 14.1. The van der Waals surface area contributed by atoms with Crippen molar-refractivity contribution in [2.45, 2.75) is 45.2 Å². The Kier molecular flexibility index (Phi) is 10.1. The number of halogens is 1. The van der Waals surface area contributed by atoms with E-state index in [4.69, 9.17) is 9.47 Å². The summed E-state index contributed by atoms with van der Waals surface area (Å²) < 4.78 is 23.7. The summed E-state index contributed by atoms with van der Waals surface area (Å²) in [5.41, 5.74) is 0.966. The molecule has 1 aliphatic rings. The second-order valence-corrected chi connectivity index (χ2v) is 10.9. The maximum atomic E-state index is 13.5. The molecule has 1 aromatic heterocycles. The highest BCUT2D eigenvalue weighted by molar-refractivity contribution is 6.02. The average Bonchev–Trinajstić information content (AvgIpc) is 3.61. The van der Waals surface area contributed by atoms with Gasteiger partial charge in [0.15, 0.2) is 12.4 Å². The Morgan fingerprint density at radius 2 is 1.79 bits per heavy atom. The van der Waals surface area contributed by atoms with Gasteiger partial charge in [0.25, 0.3) is 5.91 Å². The first-order chi connectivity index (χ1) is 20.5. The Morgan fingerprint density at radius 1 is 1.05 bits per heavy atom. The van der Waals surface area contributed by atoms with Crippen molar-refractivity contribution in [2.75, 3.05) is 20.3 Å². The summed E-state index contributed by atoms with van der Waals surface area (Å²) in [6.45, 7) is 3.55. The van der Waals surface area contributed by atoms with E-state index in [2.05, 4.69) is 20.9 Å². The van der Waals surface area contributed by atoms with Crippen molar-refractivity contribution < 1.29 is 37.8 Å². The number of fused-ring (bicyclic) bond motifs is 1. The van der Waals surface area contributed by atoms with Gasteiger partial charge in [-0.2, -0.15) is 0 Å². The molecule has 3 amide bonds. The fourth-order valence-corrected chi connectivity index (χ4v) is 4.97. The number of esters is 1. The number of hydrogen-bond donors (Lipinski definition) is 4. The van der Waals surface area contributed by atoms with Crippen LogP contribution in [0.25, 0.3) is 10.9 Å². The van der Waals surface area contributed by atoms with Crippen LogP contribution in [-0.2, 0) is 19.1 Å². The number of nitrogens with one attached hydrogen (secondary N) is 4. The number of Topliss-reactive ketones (excluding diaryl/α,β-unsaturated/α-hetero) is 1. The number of aromatic nitrogens is 1. The molecule has 0 radical (unpaired) electrons. The largest absolute Gasteiger partial charge is 0.496 e. The molecule has 11 nitrogen and oxygen atoms in total. The van der Waals surface area contributed by atoms with Crippen LogP contribution in [0.4, 0.5) is 4.39 Å². The van der Waals surface area contributed by atoms with Crippen LogP contribution in [0, 0.1) is 17.7 Å². The lowest BCUT2D eigenvalue weighted by Crippen LogP contribution is -2.53. The van der Waals surface area contributed by atoms with Gasteiger partial charge in [0.05, 0.1) is 18.7 Å². The number of ether oxygens (including phenoxy) is 2. The highest BCUT2D eigenvalue weighted by Crippen LogP contribution is 2.26. The Hall–Kier alpha value is -4.74. The van der Waals surface area contributed by atoms with Gasteiger partial charge in [-0.3, -0.25) is 19.2 Å². The molecule has 3 aromatic rings. The molecule has 12 heteroatoms. The molecule has 0 bridgehead atoms. The normalized spacial score (nSPS) is 15.9. The Balaban J connectivity index is 1.48. The summed E-state index contributed by atoms with van der Waals surface area (Å²) >= 11 is 0. The van der Waals surface area contributed by atoms with Crippen molar-refractivity contribution >= 4 is 40.4 Å². The van der Waals surface area contributed by atoms with E-state index in [1.165, 1.54) is 19.2 Å². The van der Waals surface area contributed by atoms with Crippen molar-refractivity contribution in [3.8, 4) is 5.75 Å². The van der Waals surface area contributed by atoms with Crippen molar-refractivity contribution in [3.05, 3.63) is 65.6 Å². The van der Waals surface area contributed by atoms with Crippen LogP contribution < -0.4 is 20.7 Å². The summed E-state index contributed by atoms with van der Waals surface area (Å²) in [4.78, 5) is 67.7. The molecule has 1 saturated heterocycles. The van der Waals surface area contributed by atoms with Gasteiger partial charge in [0.2, 0.25) is 11.8 Å². The molecule has 0 aliphatic carbocycles. The van der Waals surface area contributed by atoms with Crippen LogP contribution in [0.1, 0.15) is 54.0 Å². The molecule has 2 heterocycles.